The molecule has 0 aliphatic carbocycles. The smallest absolute Gasteiger partial charge is 0.245 e. The minimum Gasteiger partial charge on any atom is -0.471 e. The van der Waals surface area contributed by atoms with E-state index in [0.29, 0.717) is 37.3 Å². The molecule has 0 bridgehead atoms. The Balaban J connectivity index is 1.49. The van der Waals surface area contributed by atoms with Crippen molar-refractivity contribution in [3.05, 3.63) is 42.2 Å². The van der Waals surface area contributed by atoms with Gasteiger partial charge in [-0.2, -0.15) is 9.97 Å². The molecule has 1 aromatic carbocycles. The van der Waals surface area contributed by atoms with Crippen molar-refractivity contribution in [2.24, 2.45) is 5.92 Å². The number of nitrogen functional groups attached to an aromatic ring is 1. The number of hydrogen-bond acceptors (Lipinski definition) is 7. The highest BCUT2D eigenvalue weighted by Crippen LogP contribution is 2.26. The lowest BCUT2D eigenvalue weighted by Crippen LogP contribution is -2.39. The third-order valence-corrected chi connectivity index (χ3v) is 4.79. The third kappa shape index (κ3) is 4.23. The molecule has 0 radical (unpaired) electrons. The predicted molar refractivity (Wildman–Crippen MR) is 105 cm³/mol. The number of benzene rings is 1. The molecule has 8 nitrogen and oxygen atoms in total. The van der Waals surface area contributed by atoms with Crippen LogP contribution < -0.4 is 10.5 Å². The van der Waals surface area contributed by atoms with Gasteiger partial charge in [-0.15, -0.1) is 0 Å². The second-order valence-electron chi connectivity index (χ2n) is 7.45. The number of rotatable bonds is 6. The number of hydrogen-bond donors (Lipinski definition) is 1. The Morgan fingerprint density at radius 3 is 2.68 bits per heavy atom. The second-order valence-corrected chi connectivity index (χ2v) is 7.45. The maximum atomic E-state index is 5.96. The molecule has 2 N–H and O–H groups in total. The van der Waals surface area contributed by atoms with E-state index in [1.165, 1.54) is 0 Å². The van der Waals surface area contributed by atoms with Gasteiger partial charge < -0.3 is 24.5 Å². The average Bonchev–Trinajstić information content (AvgIpc) is 3.09. The van der Waals surface area contributed by atoms with Gasteiger partial charge in [0.1, 0.15) is 6.61 Å². The van der Waals surface area contributed by atoms with Crippen molar-refractivity contribution in [3.8, 4) is 5.88 Å². The zero-order valence-corrected chi connectivity index (χ0v) is 16.2. The average molecular weight is 383 g/mol. The number of fused-ring (bicyclic) bond motifs is 1. The highest BCUT2D eigenvalue weighted by molar-refractivity contribution is 5.77. The van der Waals surface area contributed by atoms with E-state index in [1.807, 2.05) is 48.7 Å². The van der Waals surface area contributed by atoms with Crippen LogP contribution in [0.2, 0.25) is 0 Å². The van der Waals surface area contributed by atoms with Crippen LogP contribution >= 0.6 is 0 Å². The molecule has 3 heterocycles. The molecule has 1 saturated heterocycles. The van der Waals surface area contributed by atoms with Gasteiger partial charge >= 0.3 is 0 Å². The summed E-state index contributed by atoms with van der Waals surface area (Å²) < 4.78 is 19.5. The van der Waals surface area contributed by atoms with E-state index < -0.39 is 5.79 Å². The van der Waals surface area contributed by atoms with Crippen LogP contribution in [0, 0.1) is 5.92 Å². The summed E-state index contributed by atoms with van der Waals surface area (Å²) in [6, 6.07) is 9.93. The van der Waals surface area contributed by atoms with Gasteiger partial charge in [-0.05, 0) is 25.8 Å². The summed E-state index contributed by atoms with van der Waals surface area (Å²) in [6.07, 6.45) is 2.65. The first-order valence-corrected chi connectivity index (χ1v) is 9.43. The van der Waals surface area contributed by atoms with Crippen LogP contribution in [0.4, 0.5) is 5.95 Å². The SMILES string of the molecule is CC1(C)OCC(CCn2cnc3nc(N)nc(OCc4ccccc4)c32)CO1. The zero-order valence-electron chi connectivity index (χ0n) is 16.2. The Morgan fingerprint density at radius 1 is 1.18 bits per heavy atom. The molecule has 0 spiro atoms. The molecule has 4 rings (SSSR count). The molecular weight excluding hydrogens is 358 g/mol. The fourth-order valence-corrected chi connectivity index (χ4v) is 3.17. The van der Waals surface area contributed by atoms with Gasteiger partial charge in [0, 0.05) is 12.5 Å². The predicted octanol–water partition coefficient (Wildman–Crippen LogP) is 2.78. The van der Waals surface area contributed by atoms with Crippen LogP contribution in [0.3, 0.4) is 0 Å². The normalized spacial score (nSPS) is 17.1. The van der Waals surface area contributed by atoms with Gasteiger partial charge in [0.25, 0.3) is 0 Å². The van der Waals surface area contributed by atoms with Crippen LogP contribution in [0.15, 0.2) is 36.7 Å². The fourth-order valence-electron chi connectivity index (χ4n) is 3.17. The van der Waals surface area contributed by atoms with E-state index in [4.69, 9.17) is 19.9 Å². The minimum atomic E-state index is -0.498. The molecule has 2 aromatic heterocycles. The Hall–Kier alpha value is -2.71. The van der Waals surface area contributed by atoms with E-state index >= 15 is 0 Å². The first kappa shape index (κ1) is 18.6. The number of aromatic nitrogens is 4. The van der Waals surface area contributed by atoms with Crippen molar-refractivity contribution in [2.75, 3.05) is 18.9 Å². The van der Waals surface area contributed by atoms with Crippen molar-refractivity contribution >= 4 is 17.1 Å². The fraction of sp³-hybridized carbons (Fsp3) is 0.450. The first-order valence-electron chi connectivity index (χ1n) is 9.43. The molecule has 0 saturated carbocycles. The van der Waals surface area contributed by atoms with E-state index in [9.17, 15) is 0 Å². The lowest BCUT2D eigenvalue weighted by Gasteiger charge is -2.35. The molecule has 148 valence electrons. The monoisotopic (exact) mass is 383 g/mol. The first-order chi connectivity index (χ1) is 13.5. The second kappa shape index (κ2) is 7.73. The molecule has 28 heavy (non-hydrogen) atoms. The van der Waals surface area contributed by atoms with Gasteiger partial charge in [-0.3, -0.25) is 0 Å². The van der Waals surface area contributed by atoms with Crippen LogP contribution in [-0.4, -0.2) is 38.5 Å². The summed E-state index contributed by atoms with van der Waals surface area (Å²) in [6.45, 7) is 6.37. The molecule has 0 unspecified atom stereocenters. The summed E-state index contributed by atoms with van der Waals surface area (Å²) in [7, 11) is 0. The molecule has 0 amide bonds. The Morgan fingerprint density at radius 2 is 1.93 bits per heavy atom. The quantitative estimate of drug-likeness (QED) is 0.699. The summed E-state index contributed by atoms with van der Waals surface area (Å²) in [5.74, 6) is 0.425. The van der Waals surface area contributed by atoms with Crippen molar-refractivity contribution in [3.63, 3.8) is 0 Å². The van der Waals surface area contributed by atoms with Crippen LogP contribution in [0.1, 0.15) is 25.8 Å². The highest BCUT2D eigenvalue weighted by atomic mass is 16.7. The van der Waals surface area contributed by atoms with Gasteiger partial charge in [0.05, 0.1) is 19.5 Å². The largest absolute Gasteiger partial charge is 0.471 e. The number of anilines is 1. The number of aryl methyl sites for hydroxylation is 1. The summed E-state index contributed by atoms with van der Waals surface area (Å²) >= 11 is 0. The topological polar surface area (TPSA) is 97.3 Å². The standard InChI is InChI=1S/C20H25N5O3/c1-20(2)27-11-15(12-28-20)8-9-25-13-22-17-16(25)18(24-19(21)23-17)26-10-14-6-4-3-5-7-14/h3-7,13,15H,8-12H2,1-2H3,(H2,21,23,24). The molecule has 0 atom stereocenters. The maximum absolute atomic E-state index is 5.96. The van der Waals surface area contributed by atoms with Crippen molar-refractivity contribution in [1.82, 2.24) is 19.5 Å². The van der Waals surface area contributed by atoms with Crippen LogP contribution in [-0.2, 0) is 22.6 Å². The Labute approximate surface area is 163 Å². The van der Waals surface area contributed by atoms with Gasteiger partial charge in [0.2, 0.25) is 11.8 Å². The van der Waals surface area contributed by atoms with Gasteiger partial charge in [0.15, 0.2) is 17.0 Å². The van der Waals surface area contributed by atoms with Crippen LogP contribution in [0.25, 0.3) is 11.2 Å². The number of nitrogens with zero attached hydrogens (tertiary/aromatic N) is 4. The molecule has 1 fully saturated rings. The van der Waals surface area contributed by atoms with Gasteiger partial charge in [-0.1, -0.05) is 30.3 Å². The Bertz CT molecular complexity index is 932. The number of imidazole rings is 1. The van der Waals surface area contributed by atoms with E-state index in [-0.39, 0.29) is 5.95 Å². The van der Waals surface area contributed by atoms with Gasteiger partial charge in [-0.25, -0.2) is 4.98 Å². The molecule has 1 aliphatic rings. The maximum Gasteiger partial charge on any atom is 0.245 e. The summed E-state index contributed by atoms with van der Waals surface area (Å²) in [5, 5.41) is 0. The Kier molecular flexibility index (Phi) is 5.15. The van der Waals surface area contributed by atoms with E-state index in [2.05, 4.69) is 15.0 Å². The number of nitrogens with two attached hydrogens (primary N) is 1. The lowest BCUT2D eigenvalue weighted by molar-refractivity contribution is -0.262. The van der Waals surface area contributed by atoms with Crippen molar-refractivity contribution < 1.29 is 14.2 Å². The number of ether oxygens (including phenoxy) is 3. The van der Waals surface area contributed by atoms with E-state index in [1.54, 1.807) is 6.33 Å². The van der Waals surface area contributed by atoms with E-state index in [0.717, 1.165) is 24.0 Å². The zero-order chi connectivity index (χ0) is 19.6. The highest BCUT2D eigenvalue weighted by Gasteiger charge is 2.28. The summed E-state index contributed by atoms with van der Waals surface area (Å²) in [4.78, 5) is 12.9. The van der Waals surface area contributed by atoms with Crippen molar-refractivity contribution in [1.29, 1.82) is 0 Å². The molecule has 1 aliphatic heterocycles. The third-order valence-electron chi connectivity index (χ3n) is 4.79. The molecule has 3 aromatic rings. The lowest BCUT2D eigenvalue weighted by atomic mass is 10.1. The molecule has 8 heteroatoms. The van der Waals surface area contributed by atoms with Crippen molar-refractivity contribution in [2.45, 2.75) is 39.2 Å². The van der Waals surface area contributed by atoms with Crippen LogP contribution in [0.5, 0.6) is 5.88 Å². The minimum absolute atomic E-state index is 0.150. The molecular formula is C20H25N5O3. The summed E-state index contributed by atoms with van der Waals surface area (Å²) in [5.41, 5.74) is 8.18.